The third-order valence-corrected chi connectivity index (χ3v) is 6.28. The van der Waals surface area contributed by atoms with Crippen LogP contribution in [0.3, 0.4) is 0 Å². The Morgan fingerprint density at radius 1 is 1.28 bits per heavy atom. The number of ether oxygens (including phenoxy) is 1. The summed E-state index contributed by atoms with van der Waals surface area (Å²) in [5, 5.41) is 11.1. The second kappa shape index (κ2) is 12.0. The summed E-state index contributed by atoms with van der Waals surface area (Å²) in [6.45, 7) is 5.67. The summed E-state index contributed by atoms with van der Waals surface area (Å²) in [5.74, 6) is 5.60. The molecule has 9 nitrogen and oxygen atoms in total. The number of nitrogens with zero attached hydrogens (tertiary/aromatic N) is 3. The molecule has 0 unspecified atom stereocenters. The fourth-order valence-corrected chi connectivity index (χ4v) is 3.96. The first-order valence-electron chi connectivity index (χ1n) is 11.9. The van der Waals surface area contributed by atoms with Gasteiger partial charge in [-0.2, -0.15) is 18.3 Å². The number of anilines is 2. The molecule has 2 aromatic carbocycles. The van der Waals surface area contributed by atoms with Crippen molar-refractivity contribution in [3.8, 4) is 5.75 Å². The summed E-state index contributed by atoms with van der Waals surface area (Å²) in [7, 11) is 3.10. The van der Waals surface area contributed by atoms with Crippen LogP contribution in [-0.4, -0.2) is 28.8 Å². The zero-order valence-corrected chi connectivity index (χ0v) is 22.9. The molecule has 0 saturated heterocycles. The molecule has 0 fully saturated rings. The molecule has 0 spiro atoms. The number of nitrogens with two attached hydrogens (primary N) is 2. The smallest absolute Gasteiger partial charge is 0.416 e. The molecule has 6 N–H and O–H groups in total. The largest absolute Gasteiger partial charge is 0.494 e. The first kappa shape index (κ1) is 29.8. The van der Waals surface area contributed by atoms with Crippen LogP contribution in [0.1, 0.15) is 46.6 Å². The lowest BCUT2D eigenvalue weighted by atomic mass is 10.1. The summed E-state index contributed by atoms with van der Waals surface area (Å²) in [6.07, 6.45) is -1.62. The maximum absolute atomic E-state index is 13.7. The van der Waals surface area contributed by atoms with E-state index < -0.39 is 17.6 Å². The number of carbonyl (C=O) groups is 1. The third-order valence-electron chi connectivity index (χ3n) is 5.96. The molecule has 3 rings (SSSR count). The number of alkyl halides is 3. The van der Waals surface area contributed by atoms with Gasteiger partial charge < -0.3 is 21.1 Å². The average molecular weight is 566 g/mol. The van der Waals surface area contributed by atoms with Gasteiger partial charge >= 0.3 is 6.18 Å². The van der Waals surface area contributed by atoms with Crippen molar-refractivity contribution in [2.45, 2.75) is 39.5 Å². The Bertz CT molecular complexity index is 1390. The lowest BCUT2D eigenvalue weighted by molar-refractivity contribution is -0.137. The van der Waals surface area contributed by atoms with E-state index in [1.54, 1.807) is 17.9 Å². The van der Waals surface area contributed by atoms with Gasteiger partial charge in [-0.3, -0.25) is 14.5 Å². The quantitative estimate of drug-likeness (QED) is 0.217. The molecule has 0 atom stereocenters. The summed E-state index contributed by atoms with van der Waals surface area (Å²) in [4.78, 5) is 13.2. The van der Waals surface area contributed by atoms with Crippen molar-refractivity contribution in [3.63, 3.8) is 0 Å². The number of benzene rings is 2. The predicted molar refractivity (Wildman–Crippen MR) is 146 cm³/mol. The molecule has 0 saturated carbocycles. The Labute approximate surface area is 229 Å². The van der Waals surface area contributed by atoms with Crippen LogP contribution in [0.15, 0.2) is 42.7 Å². The number of halogens is 4. The van der Waals surface area contributed by atoms with Gasteiger partial charge in [0, 0.05) is 48.2 Å². The number of amides is 1. The molecule has 3 aromatic rings. The number of rotatable bonds is 9. The summed E-state index contributed by atoms with van der Waals surface area (Å²) < 4.78 is 48.0. The van der Waals surface area contributed by atoms with Crippen LogP contribution < -0.4 is 32.0 Å². The molecule has 0 radical (unpaired) electrons. The van der Waals surface area contributed by atoms with Crippen molar-refractivity contribution in [3.05, 3.63) is 75.7 Å². The van der Waals surface area contributed by atoms with E-state index in [1.807, 2.05) is 20.8 Å². The van der Waals surface area contributed by atoms with Gasteiger partial charge in [0.1, 0.15) is 5.75 Å². The van der Waals surface area contributed by atoms with Crippen LogP contribution in [0.2, 0.25) is 5.02 Å². The van der Waals surface area contributed by atoms with E-state index in [0.29, 0.717) is 11.3 Å². The molecule has 0 aliphatic rings. The molecule has 1 amide bonds. The highest BCUT2D eigenvalue weighted by molar-refractivity contribution is 6.33. The predicted octanol–water partition coefficient (Wildman–Crippen LogP) is 4.80. The first-order valence-corrected chi connectivity index (χ1v) is 12.2. The molecule has 0 aliphatic carbocycles. The third kappa shape index (κ3) is 7.02. The van der Waals surface area contributed by atoms with E-state index in [2.05, 4.69) is 15.7 Å². The number of carbonyl (C=O) groups excluding carboxylic acids is 1. The maximum Gasteiger partial charge on any atom is 0.416 e. The minimum Gasteiger partial charge on any atom is -0.494 e. The van der Waals surface area contributed by atoms with Crippen molar-refractivity contribution in [1.29, 1.82) is 0 Å². The number of methoxy groups -OCH3 is 1. The van der Waals surface area contributed by atoms with Gasteiger partial charge in [0.05, 0.1) is 41.0 Å². The Morgan fingerprint density at radius 3 is 2.54 bits per heavy atom. The minimum absolute atomic E-state index is 0.0131. The maximum atomic E-state index is 13.7. The molecular weight excluding hydrogens is 535 g/mol. The summed E-state index contributed by atoms with van der Waals surface area (Å²) in [5.41, 5.74) is 7.51. The normalized spacial score (nSPS) is 12.1. The Balaban J connectivity index is 1.95. The van der Waals surface area contributed by atoms with Crippen LogP contribution in [0.25, 0.3) is 5.70 Å². The Morgan fingerprint density at radius 2 is 1.97 bits per heavy atom. The van der Waals surface area contributed by atoms with Crippen LogP contribution >= 0.6 is 11.6 Å². The van der Waals surface area contributed by atoms with Gasteiger partial charge in [0.2, 0.25) is 0 Å². The van der Waals surface area contributed by atoms with Gasteiger partial charge in [0.25, 0.3) is 5.91 Å². The Kier molecular flexibility index (Phi) is 9.15. The zero-order valence-electron chi connectivity index (χ0n) is 22.2. The molecule has 13 heteroatoms. The van der Waals surface area contributed by atoms with Gasteiger partial charge in [-0.1, -0.05) is 25.4 Å². The lowest BCUT2D eigenvalue weighted by Crippen LogP contribution is -2.26. The van der Waals surface area contributed by atoms with E-state index >= 15 is 0 Å². The van der Waals surface area contributed by atoms with Crippen LogP contribution in [0.5, 0.6) is 5.75 Å². The molecule has 0 bridgehead atoms. The van der Waals surface area contributed by atoms with Crippen molar-refractivity contribution >= 4 is 34.6 Å². The number of aromatic nitrogens is 2. The fourth-order valence-electron chi connectivity index (χ4n) is 3.75. The van der Waals surface area contributed by atoms with E-state index in [1.165, 1.54) is 31.5 Å². The highest BCUT2D eigenvalue weighted by Gasteiger charge is 2.33. The van der Waals surface area contributed by atoms with Gasteiger partial charge in [-0.25, -0.2) is 5.84 Å². The summed E-state index contributed by atoms with van der Waals surface area (Å²) in [6, 6.07) is 6.12. The van der Waals surface area contributed by atoms with Crippen LogP contribution in [0.4, 0.5) is 24.5 Å². The molecule has 39 heavy (non-hydrogen) atoms. The number of nitrogens with one attached hydrogen (secondary N) is 2. The van der Waals surface area contributed by atoms with E-state index in [0.717, 1.165) is 22.8 Å². The van der Waals surface area contributed by atoms with Gasteiger partial charge in [0.15, 0.2) is 0 Å². The number of hydrogen-bond donors (Lipinski definition) is 4. The first-order chi connectivity index (χ1) is 18.2. The van der Waals surface area contributed by atoms with Crippen molar-refractivity contribution in [1.82, 2.24) is 15.1 Å². The molecular formula is C26H31ClF3N7O2. The Hall–Kier alpha value is -3.74. The standard InChI is InChI=1S/C26H31ClF3N7O2/c1-14(2)33-11-17-8-18(26(28,29)30)10-22(24(17)39-5)35-25(38)16-6-7-20(27)23(9-16)37(32)13-21(31)19-12-34-36(4)15(19)3/h6-10,12-14,33H,11,31-32H2,1-5H3,(H,35,38)/b21-13-. The SMILES string of the molecule is COc1c(CNC(C)C)cc(C(F)(F)F)cc1NC(=O)c1ccc(Cl)c(N(N)/C=C(\N)c2cnn(C)c2C)c1. The number of hydrogen-bond acceptors (Lipinski definition) is 7. The zero-order chi connectivity index (χ0) is 29.1. The van der Waals surface area contributed by atoms with Gasteiger partial charge in [-0.15, -0.1) is 0 Å². The fraction of sp³-hybridized carbons (Fsp3) is 0.308. The van der Waals surface area contributed by atoms with Crippen LogP contribution in [-0.2, 0) is 19.8 Å². The highest BCUT2D eigenvalue weighted by Crippen LogP contribution is 2.38. The number of hydrazine groups is 1. The molecule has 1 aromatic heterocycles. The average Bonchev–Trinajstić information content (AvgIpc) is 3.19. The van der Waals surface area contributed by atoms with Crippen molar-refractivity contribution in [2.24, 2.45) is 18.6 Å². The molecule has 0 aliphatic heterocycles. The summed E-state index contributed by atoms with van der Waals surface area (Å²) >= 11 is 6.33. The molecule has 210 valence electrons. The second-order valence-corrected chi connectivity index (χ2v) is 9.54. The second-order valence-electron chi connectivity index (χ2n) is 9.13. The van der Waals surface area contributed by atoms with E-state index in [4.69, 9.17) is 27.9 Å². The topological polar surface area (TPSA) is 123 Å². The van der Waals surface area contributed by atoms with E-state index in [-0.39, 0.29) is 45.9 Å². The minimum atomic E-state index is -4.63. The van der Waals surface area contributed by atoms with Crippen molar-refractivity contribution < 1.29 is 22.7 Å². The van der Waals surface area contributed by atoms with E-state index in [9.17, 15) is 18.0 Å². The highest BCUT2D eigenvalue weighted by atomic mass is 35.5. The van der Waals surface area contributed by atoms with Gasteiger partial charge in [-0.05, 0) is 37.3 Å². The van der Waals surface area contributed by atoms with Crippen molar-refractivity contribution in [2.75, 3.05) is 17.4 Å². The molecule has 1 heterocycles. The number of aryl methyl sites for hydroxylation is 1. The monoisotopic (exact) mass is 565 g/mol. The van der Waals surface area contributed by atoms with Crippen LogP contribution in [0, 0.1) is 6.92 Å². The lowest BCUT2D eigenvalue weighted by Gasteiger charge is -2.20.